The summed E-state index contributed by atoms with van der Waals surface area (Å²) >= 11 is 0. The molecular formula is C5H14O7P2. The Hall–Kier alpha value is 0.260. The van der Waals surface area contributed by atoms with E-state index in [1.54, 1.807) is 0 Å². The summed E-state index contributed by atoms with van der Waals surface area (Å²) in [5, 5.41) is 6.49. The minimum Gasteiger partial charge on any atom is -0.367 e. The van der Waals surface area contributed by atoms with Crippen molar-refractivity contribution < 1.29 is 33.4 Å². The Bertz CT molecular complexity index is 294. The largest absolute Gasteiger partial charge is 0.371 e. The van der Waals surface area contributed by atoms with Gasteiger partial charge in [0.1, 0.15) is 0 Å². The highest BCUT2D eigenvalue weighted by Crippen LogP contribution is 2.72. The lowest BCUT2D eigenvalue weighted by molar-refractivity contribution is 0.0868. The van der Waals surface area contributed by atoms with Crippen LogP contribution in [0.2, 0.25) is 0 Å². The molecule has 14 heavy (non-hydrogen) atoms. The van der Waals surface area contributed by atoms with E-state index in [1.165, 1.54) is 13.8 Å². The Morgan fingerprint density at radius 2 is 1.57 bits per heavy atom. The van der Waals surface area contributed by atoms with E-state index in [9.17, 15) is 14.2 Å². The quantitative estimate of drug-likeness (QED) is 0.527. The van der Waals surface area contributed by atoms with Crippen LogP contribution < -0.4 is 0 Å². The molecule has 9 heteroatoms. The normalized spacial score (nSPS) is 21.7. The molecule has 0 saturated heterocycles. The molecule has 86 valence electrons. The maximum Gasteiger partial charge on any atom is 0.371 e. The zero-order valence-electron chi connectivity index (χ0n) is 7.99. The van der Waals surface area contributed by atoms with E-state index in [2.05, 4.69) is 4.52 Å². The van der Waals surface area contributed by atoms with Gasteiger partial charge in [0.2, 0.25) is 0 Å². The van der Waals surface area contributed by atoms with Crippen LogP contribution in [0, 0.1) is 5.92 Å². The van der Waals surface area contributed by atoms with Crippen molar-refractivity contribution in [2.24, 2.45) is 5.92 Å². The molecule has 2 unspecified atom stereocenters. The lowest BCUT2D eigenvalue weighted by atomic mass is 10.2. The van der Waals surface area contributed by atoms with Gasteiger partial charge in [-0.05, 0) is 0 Å². The minimum absolute atomic E-state index is 0.795. The Labute approximate surface area is 81.4 Å². The molecule has 0 spiro atoms. The van der Waals surface area contributed by atoms with Gasteiger partial charge < -0.3 is 24.3 Å². The molecule has 0 rings (SSSR count). The molecule has 2 atom stereocenters. The van der Waals surface area contributed by atoms with E-state index >= 15 is 0 Å². The summed E-state index contributed by atoms with van der Waals surface area (Å²) in [6.45, 7) is 2.42. The highest BCUT2D eigenvalue weighted by molar-refractivity contribution is 7.72. The topological polar surface area (TPSA) is 124 Å². The summed E-state index contributed by atoms with van der Waals surface area (Å²) in [4.78, 5) is 26.8. The van der Waals surface area contributed by atoms with Gasteiger partial charge in [-0.2, -0.15) is 0 Å². The molecule has 7 nitrogen and oxygen atoms in total. The Balaban J connectivity index is 5.58. The summed E-state index contributed by atoms with van der Waals surface area (Å²) in [7, 11) is -9.15. The second-order valence-electron chi connectivity index (χ2n) is 3.09. The number of hydrogen-bond donors (Lipinski definition) is 4. The smallest absolute Gasteiger partial charge is 0.367 e. The van der Waals surface area contributed by atoms with Crippen LogP contribution in [0.5, 0.6) is 0 Å². The molecule has 0 fully saturated rings. The zero-order valence-corrected chi connectivity index (χ0v) is 9.77. The standard InChI is InChI=1S/C5H14O7P2/c1-4(2)5(6,13(7,8)9)14(10,11)12-3/h4,6H,1-3H3,(H,10,11)(H2,7,8,9). The van der Waals surface area contributed by atoms with Crippen molar-refractivity contribution in [3.05, 3.63) is 0 Å². The van der Waals surface area contributed by atoms with Gasteiger partial charge in [-0.1, -0.05) is 13.8 Å². The first-order valence-corrected chi connectivity index (χ1v) is 6.86. The third kappa shape index (κ3) is 2.09. The maximum atomic E-state index is 11.3. The Morgan fingerprint density at radius 1 is 1.21 bits per heavy atom. The molecule has 0 bridgehead atoms. The molecule has 0 heterocycles. The van der Waals surface area contributed by atoms with Crippen molar-refractivity contribution in [2.75, 3.05) is 7.11 Å². The minimum atomic E-state index is -5.16. The highest BCUT2D eigenvalue weighted by Gasteiger charge is 2.62. The van der Waals surface area contributed by atoms with Gasteiger partial charge in [0.15, 0.2) is 0 Å². The van der Waals surface area contributed by atoms with E-state index < -0.39 is 26.2 Å². The third-order valence-electron chi connectivity index (χ3n) is 1.87. The van der Waals surface area contributed by atoms with Gasteiger partial charge in [-0.3, -0.25) is 9.13 Å². The zero-order chi connectivity index (χ0) is 11.8. The highest BCUT2D eigenvalue weighted by atomic mass is 31.2. The average Bonchev–Trinajstić information content (AvgIpc) is 2.00. The number of hydrogen-bond acceptors (Lipinski definition) is 4. The van der Waals surface area contributed by atoms with Crippen molar-refractivity contribution in [2.45, 2.75) is 18.9 Å². The van der Waals surface area contributed by atoms with Gasteiger partial charge >= 0.3 is 15.2 Å². The molecule has 0 aromatic rings. The van der Waals surface area contributed by atoms with Crippen molar-refractivity contribution in [1.29, 1.82) is 0 Å². The maximum absolute atomic E-state index is 11.3. The first-order valence-electron chi connectivity index (χ1n) is 3.67. The van der Waals surface area contributed by atoms with Crippen LogP contribution in [0.3, 0.4) is 0 Å². The van der Waals surface area contributed by atoms with Gasteiger partial charge in [0.25, 0.3) is 5.08 Å². The summed E-state index contributed by atoms with van der Waals surface area (Å²) < 4.78 is 26.3. The molecule has 0 aromatic heterocycles. The molecule has 0 aliphatic carbocycles. The molecule has 0 aromatic carbocycles. The summed E-state index contributed by atoms with van der Waals surface area (Å²) in [6, 6.07) is 0. The van der Waals surface area contributed by atoms with Gasteiger partial charge in [0.05, 0.1) is 0 Å². The van der Waals surface area contributed by atoms with Crippen LogP contribution in [-0.2, 0) is 13.7 Å². The van der Waals surface area contributed by atoms with E-state index in [4.69, 9.17) is 14.7 Å². The second kappa shape index (κ2) is 4.02. The number of aliphatic hydroxyl groups is 1. The second-order valence-corrected chi connectivity index (χ2v) is 7.30. The van der Waals surface area contributed by atoms with Crippen LogP contribution in [-0.4, -0.2) is 32.0 Å². The first kappa shape index (κ1) is 14.3. The summed E-state index contributed by atoms with van der Waals surface area (Å²) in [6.07, 6.45) is 0. The van der Waals surface area contributed by atoms with Crippen molar-refractivity contribution in [1.82, 2.24) is 0 Å². The summed E-state index contributed by atoms with van der Waals surface area (Å²) in [5.74, 6) is -1.13. The summed E-state index contributed by atoms with van der Waals surface area (Å²) in [5.41, 5.74) is 0. The lowest BCUT2D eigenvalue weighted by Crippen LogP contribution is -2.35. The lowest BCUT2D eigenvalue weighted by Gasteiger charge is -2.34. The first-order chi connectivity index (χ1) is 6.00. The van der Waals surface area contributed by atoms with Gasteiger partial charge in [0, 0.05) is 13.0 Å². The predicted molar refractivity (Wildman–Crippen MR) is 48.7 cm³/mol. The van der Waals surface area contributed by atoms with E-state index in [0.717, 1.165) is 7.11 Å². The fourth-order valence-corrected chi connectivity index (χ4v) is 4.12. The SMILES string of the molecule is COP(=O)(O)C(O)(C(C)C)P(=O)(O)O. The Morgan fingerprint density at radius 3 is 1.64 bits per heavy atom. The van der Waals surface area contributed by atoms with Gasteiger partial charge in [-0.25, -0.2) is 0 Å². The van der Waals surface area contributed by atoms with E-state index in [0.29, 0.717) is 0 Å². The van der Waals surface area contributed by atoms with Crippen LogP contribution in [0.15, 0.2) is 0 Å². The molecule has 0 amide bonds. The molecule has 0 saturated carbocycles. The van der Waals surface area contributed by atoms with Crippen molar-refractivity contribution in [3.63, 3.8) is 0 Å². The fourth-order valence-electron chi connectivity index (χ4n) is 0.962. The average molecular weight is 248 g/mol. The van der Waals surface area contributed by atoms with Crippen LogP contribution in [0.25, 0.3) is 0 Å². The molecule has 0 aliphatic rings. The van der Waals surface area contributed by atoms with E-state index in [1.807, 2.05) is 0 Å². The van der Waals surface area contributed by atoms with Crippen LogP contribution in [0.1, 0.15) is 13.8 Å². The van der Waals surface area contributed by atoms with Crippen molar-refractivity contribution >= 4 is 15.2 Å². The molecular weight excluding hydrogens is 234 g/mol. The van der Waals surface area contributed by atoms with Crippen molar-refractivity contribution in [3.8, 4) is 0 Å². The van der Waals surface area contributed by atoms with E-state index in [-0.39, 0.29) is 0 Å². The number of rotatable bonds is 4. The van der Waals surface area contributed by atoms with Crippen LogP contribution in [0.4, 0.5) is 0 Å². The monoisotopic (exact) mass is 248 g/mol. The molecule has 0 aliphatic heterocycles. The fraction of sp³-hybridized carbons (Fsp3) is 1.00. The Kier molecular flexibility index (Phi) is 4.10. The molecule has 0 radical (unpaired) electrons. The van der Waals surface area contributed by atoms with Crippen LogP contribution >= 0.6 is 15.2 Å². The third-order valence-corrected chi connectivity index (χ3v) is 6.62. The van der Waals surface area contributed by atoms with Gasteiger partial charge in [-0.15, -0.1) is 0 Å². The predicted octanol–water partition coefficient (Wildman–Crippen LogP) is 0.298. The molecule has 4 N–H and O–H groups in total.